The van der Waals surface area contributed by atoms with Crippen LogP contribution in [0.4, 0.5) is 0 Å². The molecule has 8 aromatic carbocycles. The summed E-state index contributed by atoms with van der Waals surface area (Å²) in [5.41, 5.74) is 20.4. The zero-order valence-electron chi connectivity index (χ0n) is 37.2. The molecule has 2 unspecified atom stereocenters. The van der Waals surface area contributed by atoms with Gasteiger partial charge in [-0.1, -0.05) is 211 Å². The summed E-state index contributed by atoms with van der Waals surface area (Å²) in [6, 6.07) is 65.2. The van der Waals surface area contributed by atoms with Crippen LogP contribution in [-0.2, 0) is 25.7 Å². The Labute approximate surface area is 370 Å². The van der Waals surface area contributed by atoms with E-state index in [9.17, 15) is 0 Å². The molecule has 0 aliphatic rings. The molecular formula is C61H58O. The number of benzene rings is 8. The van der Waals surface area contributed by atoms with Crippen LogP contribution in [0.5, 0.6) is 0 Å². The van der Waals surface area contributed by atoms with E-state index in [1.54, 1.807) is 0 Å². The number of ketones is 1. The molecular weight excluding hydrogens is 749 g/mol. The second-order valence-electron chi connectivity index (χ2n) is 16.5. The summed E-state index contributed by atoms with van der Waals surface area (Å²) >= 11 is 0. The zero-order chi connectivity index (χ0) is 43.2. The summed E-state index contributed by atoms with van der Waals surface area (Å²) < 4.78 is 0. The van der Waals surface area contributed by atoms with Crippen molar-refractivity contribution < 1.29 is 4.79 Å². The molecule has 0 radical (unpaired) electrons. The van der Waals surface area contributed by atoms with E-state index in [-0.39, 0.29) is 17.6 Å². The van der Waals surface area contributed by atoms with E-state index in [0.29, 0.717) is 0 Å². The molecule has 0 aliphatic carbocycles. The summed E-state index contributed by atoms with van der Waals surface area (Å²) in [6.45, 7) is 13.6. The quantitative estimate of drug-likeness (QED) is 0.100. The van der Waals surface area contributed by atoms with Gasteiger partial charge in [0, 0.05) is 23.0 Å². The first-order valence-electron chi connectivity index (χ1n) is 22.7. The number of carbonyl (C=O) groups is 1. The van der Waals surface area contributed by atoms with Gasteiger partial charge in [0.25, 0.3) is 0 Å². The molecule has 1 heteroatoms. The molecule has 0 heterocycles. The normalized spacial score (nSPS) is 12.2. The highest BCUT2D eigenvalue weighted by Crippen LogP contribution is 2.48. The molecule has 2 atom stereocenters. The Morgan fingerprint density at radius 3 is 1.05 bits per heavy atom. The molecule has 62 heavy (non-hydrogen) atoms. The summed E-state index contributed by atoms with van der Waals surface area (Å²) in [5.74, 6) is -0.0967. The number of hydrogen-bond donors (Lipinski definition) is 0. The van der Waals surface area contributed by atoms with Crippen LogP contribution < -0.4 is 0 Å². The first-order valence-corrected chi connectivity index (χ1v) is 22.7. The minimum atomic E-state index is -0.0788. The first-order chi connectivity index (χ1) is 30.4. The van der Waals surface area contributed by atoms with Gasteiger partial charge in [-0.2, -0.15) is 0 Å². The molecule has 1 nitrogen and oxygen atoms in total. The van der Waals surface area contributed by atoms with Crippen molar-refractivity contribution in [2.75, 3.05) is 0 Å². The van der Waals surface area contributed by atoms with Crippen LogP contribution in [0, 0.1) is 0 Å². The molecule has 8 aromatic rings. The zero-order valence-corrected chi connectivity index (χ0v) is 37.2. The van der Waals surface area contributed by atoms with Crippen molar-refractivity contribution in [1.29, 1.82) is 0 Å². The third-order valence-corrected chi connectivity index (χ3v) is 13.1. The lowest BCUT2D eigenvalue weighted by molar-refractivity contribution is 0.103. The van der Waals surface area contributed by atoms with Gasteiger partial charge in [-0.3, -0.25) is 4.79 Å². The van der Waals surface area contributed by atoms with Crippen molar-refractivity contribution in [2.45, 2.75) is 79.1 Å². The maximum Gasteiger partial charge on any atom is 0.193 e. The minimum Gasteiger partial charge on any atom is -0.289 e. The highest BCUT2D eigenvalue weighted by molar-refractivity contribution is 6.15. The van der Waals surface area contributed by atoms with Crippen LogP contribution >= 0.6 is 0 Å². The first kappa shape index (κ1) is 42.1. The molecule has 0 N–H and O–H groups in total. The van der Waals surface area contributed by atoms with E-state index >= 15 is 4.79 Å². The van der Waals surface area contributed by atoms with Crippen LogP contribution in [0.15, 0.2) is 182 Å². The third kappa shape index (κ3) is 8.01. The lowest BCUT2D eigenvalue weighted by atomic mass is 9.73. The van der Waals surface area contributed by atoms with Crippen molar-refractivity contribution in [1.82, 2.24) is 0 Å². The lowest BCUT2D eigenvalue weighted by Crippen LogP contribution is -2.17. The largest absolute Gasteiger partial charge is 0.289 e. The molecule has 0 fully saturated rings. The van der Waals surface area contributed by atoms with Crippen LogP contribution in [0.25, 0.3) is 44.5 Å². The average molecular weight is 807 g/mol. The van der Waals surface area contributed by atoms with Crippen molar-refractivity contribution >= 4 is 5.78 Å². The summed E-state index contributed by atoms with van der Waals surface area (Å²) in [4.78, 5) is 16.8. The Hall–Kier alpha value is -6.57. The highest BCUT2D eigenvalue weighted by atomic mass is 16.1. The molecule has 0 saturated heterocycles. The molecule has 0 bridgehead atoms. The predicted octanol–water partition coefficient (Wildman–Crippen LogP) is 16.1. The van der Waals surface area contributed by atoms with Crippen molar-refractivity contribution in [3.05, 3.63) is 238 Å². The Kier molecular flexibility index (Phi) is 12.9. The molecule has 0 aromatic heterocycles. The van der Waals surface area contributed by atoms with Gasteiger partial charge in [-0.15, -0.1) is 0 Å². The highest BCUT2D eigenvalue weighted by Gasteiger charge is 2.32. The molecule has 0 spiro atoms. The third-order valence-electron chi connectivity index (χ3n) is 13.1. The van der Waals surface area contributed by atoms with Gasteiger partial charge in [0.2, 0.25) is 0 Å². The summed E-state index contributed by atoms with van der Waals surface area (Å²) in [5, 5.41) is 0. The van der Waals surface area contributed by atoms with Crippen molar-refractivity contribution in [3.8, 4) is 44.5 Å². The number of carbonyl (C=O) groups excluding carboxylic acids is 1. The van der Waals surface area contributed by atoms with Crippen LogP contribution in [0.2, 0.25) is 0 Å². The topological polar surface area (TPSA) is 17.1 Å². The number of aryl methyl sites for hydroxylation is 2. The summed E-state index contributed by atoms with van der Waals surface area (Å²) in [6.07, 6.45) is 3.42. The van der Waals surface area contributed by atoms with Gasteiger partial charge in [0.05, 0.1) is 0 Å². The fourth-order valence-electron chi connectivity index (χ4n) is 9.99. The van der Waals surface area contributed by atoms with Crippen LogP contribution in [0.3, 0.4) is 0 Å². The summed E-state index contributed by atoms with van der Waals surface area (Å²) in [7, 11) is 0. The molecule has 308 valence electrons. The maximum absolute atomic E-state index is 16.8. The second kappa shape index (κ2) is 19.0. The number of rotatable bonds is 14. The standard InChI is InChI=1S/C61H58O/c1-7-43-27-23-25-37-51(43)53-39-55(57(41(5)45-29-15-11-16-30-45)59(49(53)9-3)47-33-19-13-20-34-47)61(62)56-40-54(52-38-26-24-28-44(52)8-2)50(10-4)60(48-35-21-14-22-36-48)58(56)42(6)46-31-17-12-18-32-46/h11-42H,7-10H2,1-6H3. The lowest BCUT2D eigenvalue weighted by Gasteiger charge is -2.29. The number of hydrogen-bond acceptors (Lipinski definition) is 1. The van der Waals surface area contributed by atoms with Crippen LogP contribution in [0.1, 0.15) is 114 Å². The maximum atomic E-state index is 16.8. The van der Waals surface area contributed by atoms with Gasteiger partial charge >= 0.3 is 0 Å². The van der Waals surface area contributed by atoms with E-state index in [1.807, 2.05) is 0 Å². The SMILES string of the molecule is CCc1ccccc1-c1cc(C(=O)c2cc(-c3ccccc3CC)c(CC)c(-c3ccccc3)c2C(C)c2ccccc2)c(C(C)c2ccccc2)c(-c2ccccc2)c1CC. The Bertz CT molecular complexity index is 2600. The minimum absolute atomic E-state index is 0.0608. The Balaban J connectivity index is 1.57. The van der Waals surface area contributed by atoms with E-state index in [2.05, 4.69) is 224 Å². The Morgan fingerprint density at radius 2 is 0.710 bits per heavy atom. The molecule has 0 amide bonds. The monoisotopic (exact) mass is 806 g/mol. The van der Waals surface area contributed by atoms with Crippen molar-refractivity contribution in [2.24, 2.45) is 0 Å². The smallest absolute Gasteiger partial charge is 0.193 e. The van der Waals surface area contributed by atoms with Crippen LogP contribution in [-0.4, -0.2) is 5.78 Å². The van der Waals surface area contributed by atoms with Gasteiger partial charge in [0.15, 0.2) is 5.78 Å². The van der Waals surface area contributed by atoms with E-state index in [0.717, 1.165) is 70.2 Å². The van der Waals surface area contributed by atoms with Gasteiger partial charge < -0.3 is 0 Å². The molecule has 0 saturated carbocycles. The molecule has 0 aliphatic heterocycles. The second-order valence-corrected chi connectivity index (χ2v) is 16.5. The average Bonchev–Trinajstić information content (AvgIpc) is 3.35. The molecule has 8 rings (SSSR count). The van der Waals surface area contributed by atoms with Gasteiger partial charge in [-0.05, 0) is 127 Å². The fourth-order valence-corrected chi connectivity index (χ4v) is 9.99. The van der Waals surface area contributed by atoms with Crippen molar-refractivity contribution in [3.63, 3.8) is 0 Å². The van der Waals surface area contributed by atoms with E-state index < -0.39 is 0 Å². The van der Waals surface area contributed by atoms with Gasteiger partial charge in [-0.25, -0.2) is 0 Å². The Morgan fingerprint density at radius 1 is 0.387 bits per heavy atom. The van der Waals surface area contributed by atoms with Gasteiger partial charge in [0.1, 0.15) is 0 Å². The predicted molar refractivity (Wildman–Crippen MR) is 263 cm³/mol. The van der Waals surface area contributed by atoms with E-state index in [4.69, 9.17) is 0 Å². The van der Waals surface area contributed by atoms with E-state index in [1.165, 1.54) is 55.6 Å². The fraction of sp³-hybridized carbons (Fsp3) is 0.197.